The van der Waals surface area contributed by atoms with Crippen LogP contribution in [0.5, 0.6) is 0 Å². The lowest BCUT2D eigenvalue weighted by Gasteiger charge is -1.96. The molecule has 1 nitrogen and oxygen atoms in total. The first-order chi connectivity index (χ1) is 5.68. The van der Waals surface area contributed by atoms with E-state index < -0.39 is 0 Å². The number of benzene rings is 1. The van der Waals surface area contributed by atoms with Crippen molar-refractivity contribution in [3.63, 3.8) is 0 Å². The summed E-state index contributed by atoms with van der Waals surface area (Å²) < 4.78 is 1.14. The topological polar surface area (TPSA) is 15.8 Å². The molecular formula is C10H10BrN. The van der Waals surface area contributed by atoms with Crippen LogP contribution in [0.1, 0.15) is 11.3 Å². The molecule has 0 saturated carbocycles. The average Bonchev–Trinajstić information content (AvgIpc) is 2.41. The fourth-order valence-electron chi connectivity index (χ4n) is 1.46. The molecule has 1 aromatic heterocycles. The first-order valence-corrected chi connectivity index (χ1v) is 4.72. The highest BCUT2D eigenvalue weighted by Crippen LogP contribution is 2.26. The van der Waals surface area contributed by atoms with Gasteiger partial charge in [0.05, 0.1) is 5.52 Å². The van der Waals surface area contributed by atoms with E-state index >= 15 is 0 Å². The van der Waals surface area contributed by atoms with Gasteiger partial charge in [-0.05, 0) is 47.5 Å². The normalized spacial score (nSPS) is 10.9. The maximum absolute atomic E-state index is 3.51. The summed E-state index contributed by atoms with van der Waals surface area (Å²) in [6.45, 7) is 4.20. The number of aromatic amines is 1. The number of nitrogens with one attached hydrogen (secondary N) is 1. The smallest absolute Gasteiger partial charge is 0.0603 e. The zero-order valence-electron chi connectivity index (χ0n) is 7.11. The third kappa shape index (κ3) is 1.07. The van der Waals surface area contributed by atoms with Crippen LogP contribution in [0.4, 0.5) is 0 Å². The van der Waals surface area contributed by atoms with Crippen LogP contribution in [0.2, 0.25) is 0 Å². The van der Waals surface area contributed by atoms with Gasteiger partial charge in [0.15, 0.2) is 0 Å². The molecule has 62 valence electrons. The molecule has 1 heterocycles. The monoisotopic (exact) mass is 223 g/mol. The van der Waals surface area contributed by atoms with E-state index in [4.69, 9.17) is 0 Å². The quantitative estimate of drug-likeness (QED) is 0.704. The summed E-state index contributed by atoms with van der Waals surface area (Å²) in [6.07, 6.45) is 0. The van der Waals surface area contributed by atoms with Gasteiger partial charge in [-0.25, -0.2) is 0 Å². The summed E-state index contributed by atoms with van der Waals surface area (Å²) in [5, 5.41) is 1.31. The maximum atomic E-state index is 3.51. The van der Waals surface area contributed by atoms with Gasteiger partial charge in [-0.3, -0.25) is 0 Å². The summed E-state index contributed by atoms with van der Waals surface area (Å²) in [7, 11) is 0. The molecule has 0 atom stereocenters. The summed E-state index contributed by atoms with van der Waals surface area (Å²) in [4.78, 5) is 3.32. The Morgan fingerprint density at radius 3 is 2.67 bits per heavy atom. The molecule has 2 heteroatoms. The highest BCUT2D eigenvalue weighted by atomic mass is 79.9. The fraction of sp³-hybridized carbons (Fsp3) is 0.200. The molecule has 0 saturated heterocycles. The van der Waals surface area contributed by atoms with Crippen LogP contribution in [-0.4, -0.2) is 4.98 Å². The number of H-pyrrole nitrogens is 1. The minimum Gasteiger partial charge on any atom is -0.358 e. The van der Waals surface area contributed by atoms with Crippen molar-refractivity contribution in [2.75, 3.05) is 0 Å². The summed E-state index contributed by atoms with van der Waals surface area (Å²) in [6, 6.07) is 6.38. The molecule has 0 bridgehead atoms. The van der Waals surface area contributed by atoms with Crippen molar-refractivity contribution in [3.05, 3.63) is 33.9 Å². The van der Waals surface area contributed by atoms with Gasteiger partial charge in [0, 0.05) is 15.6 Å². The molecule has 0 amide bonds. The van der Waals surface area contributed by atoms with Gasteiger partial charge in [-0.2, -0.15) is 0 Å². The molecule has 0 aliphatic carbocycles. The number of hydrogen-bond acceptors (Lipinski definition) is 0. The molecule has 2 rings (SSSR count). The standard InChI is InChI=1S/C10H10BrN/c1-6-3-4-9(11)10-8(6)5-7(2)12-10/h3-5,12H,1-2H3. The molecule has 12 heavy (non-hydrogen) atoms. The number of aromatic nitrogens is 1. The largest absolute Gasteiger partial charge is 0.358 e. The fourth-order valence-corrected chi connectivity index (χ4v) is 1.90. The zero-order chi connectivity index (χ0) is 8.72. The molecule has 0 spiro atoms. The number of aryl methyl sites for hydroxylation is 2. The van der Waals surface area contributed by atoms with E-state index in [1.807, 2.05) is 0 Å². The van der Waals surface area contributed by atoms with Gasteiger partial charge < -0.3 is 4.98 Å². The van der Waals surface area contributed by atoms with E-state index in [-0.39, 0.29) is 0 Å². The number of halogens is 1. The Balaban J connectivity index is 2.93. The van der Waals surface area contributed by atoms with Gasteiger partial charge in [0.25, 0.3) is 0 Å². The van der Waals surface area contributed by atoms with E-state index in [2.05, 4.69) is 53.0 Å². The molecule has 2 aromatic rings. The Morgan fingerprint density at radius 2 is 2.00 bits per heavy atom. The van der Waals surface area contributed by atoms with Crippen LogP contribution in [0.3, 0.4) is 0 Å². The molecule has 0 aliphatic rings. The average molecular weight is 224 g/mol. The second kappa shape index (κ2) is 2.63. The van der Waals surface area contributed by atoms with Crippen molar-refractivity contribution in [1.29, 1.82) is 0 Å². The SMILES string of the molecule is Cc1cc2c(C)ccc(Br)c2[nH]1. The van der Waals surface area contributed by atoms with Gasteiger partial charge in [-0.15, -0.1) is 0 Å². The molecule has 1 N–H and O–H groups in total. The Morgan fingerprint density at radius 1 is 1.25 bits per heavy atom. The van der Waals surface area contributed by atoms with Crippen LogP contribution in [0.25, 0.3) is 10.9 Å². The van der Waals surface area contributed by atoms with Crippen molar-refractivity contribution in [2.24, 2.45) is 0 Å². The Kier molecular flexibility index (Phi) is 1.72. The third-order valence-electron chi connectivity index (χ3n) is 2.10. The van der Waals surface area contributed by atoms with Crippen LogP contribution in [0.15, 0.2) is 22.7 Å². The number of rotatable bonds is 0. The number of fused-ring (bicyclic) bond motifs is 1. The van der Waals surface area contributed by atoms with Crippen molar-refractivity contribution in [2.45, 2.75) is 13.8 Å². The molecule has 0 unspecified atom stereocenters. The van der Waals surface area contributed by atoms with Gasteiger partial charge >= 0.3 is 0 Å². The van der Waals surface area contributed by atoms with Crippen LogP contribution in [-0.2, 0) is 0 Å². The lowest BCUT2D eigenvalue weighted by Crippen LogP contribution is -1.75. The molecule has 1 aromatic carbocycles. The number of hydrogen-bond donors (Lipinski definition) is 1. The van der Waals surface area contributed by atoms with Crippen molar-refractivity contribution < 1.29 is 0 Å². The minimum atomic E-state index is 1.14. The van der Waals surface area contributed by atoms with Crippen LogP contribution in [0, 0.1) is 13.8 Å². The van der Waals surface area contributed by atoms with E-state index in [1.54, 1.807) is 0 Å². The second-order valence-corrected chi connectivity index (χ2v) is 3.96. The molecular weight excluding hydrogens is 214 g/mol. The van der Waals surface area contributed by atoms with Crippen molar-refractivity contribution in [3.8, 4) is 0 Å². The lowest BCUT2D eigenvalue weighted by atomic mass is 10.1. The highest BCUT2D eigenvalue weighted by molar-refractivity contribution is 9.10. The molecule has 0 radical (unpaired) electrons. The Labute approximate surface area is 79.9 Å². The Bertz CT molecular complexity index is 390. The van der Waals surface area contributed by atoms with Crippen LogP contribution < -0.4 is 0 Å². The van der Waals surface area contributed by atoms with E-state index in [0.29, 0.717) is 0 Å². The van der Waals surface area contributed by atoms with Gasteiger partial charge in [0.2, 0.25) is 0 Å². The summed E-state index contributed by atoms with van der Waals surface area (Å²) in [5.74, 6) is 0. The van der Waals surface area contributed by atoms with Crippen molar-refractivity contribution in [1.82, 2.24) is 4.98 Å². The summed E-state index contributed by atoms with van der Waals surface area (Å²) >= 11 is 3.51. The van der Waals surface area contributed by atoms with Crippen LogP contribution >= 0.6 is 15.9 Å². The van der Waals surface area contributed by atoms with Crippen molar-refractivity contribution >= 4 is 26.8 Å². The van der Waals surface area contributed by atoms with Gasteiger partial charge in [-0.1, -0.05) is 6.07 Å². The highest BCUT2D eigenvalue weighted by Gasteiger charge is 2.03. The second-order valence-electron chi connectivity index (χ2n) is 3.11. The first-order valence-electron chi connectivity index (χ1n) is 3.93. The Hall–Kier alpha value is -0.760. The van der Waals surface area contributed by atoms with Gasteiger partial charge in [0.1, 0.15) is 0 Å². The predicted octanol–water partition coefficient (Wildman–Crippen LogP) is 3.55. The maximum Gasteiger partial charge on any atom is 0.0603 e. The molecule has 0 fully saturated rings. The van der Waals surface area contributed by atoms with E-state index in [9.17, 15) is 0 Å². The van der Waals surface area contributed by atoms with E-state index in [0.717, 1.165) is 4.47 Å². The first kappa shape index (κ1) is 7.87. The lowest BCUT2D eigenvalue weighted by molar-refractivity contribution is 1.30. The predicted molar refractivity (Wildman–Crippen MR) is 55.5 cm³/mol. The zero-order valence-corrected chi connectivity index (χ0v) is 8.70. The summed E-state index contributed by atoms with van der Waals surface area (Å²) in [5.41, 5.74) is 3.73. The minimum absolute atomic E-state index is 1.14. The third-order valence-corrected chi connectivity index (χ3v) is 2.76. The van der Waals surface area contributed by atoms with E-state index in [1.165, 1.54) is 22.2 Å². The molecule has 0 aliphatic heterocycles.